The van der Waals surface area contributed by atoms with Gasteiger partial charge >= 0.3 is 0 Å². The lowest BCUT2D eigenvalue weighted by molar-refractivity contribution is -0.120. The van der Waals surface area contributed by atoms with E-state index < -0.39 is 6.17 Å². The van der Waals surface area contributed by atoms with Crippen LogP contribution >= 0.6 is 0 Å². The molecule has 1 saturated heterocycles. The van der Waals surface area contributed by atoms with Crippen LogP contribution < -0.4 is 11.1 Å². The number of nitrogens with zero attached hydrogens (tertiary/aromatic N) is 3. The molecule has 2 fully saturated rings. The topological polar surface area (TPSA) is 112 Å². The Morgan fingerprint density at radius 3 is 2.65 bits per heavy atom. The molecule has 2 aliphatic heterocycles. The summed E-state index contributed by atoms with van der Waals surface area (Å²) in [5.41, 5.74) is 17.4. The van der Waals surface area contributed by atoms with Crippen LogP contribution in [0.2, 0.25) is 0 Å². The molecular weight excluding hydrogens is 601 g/mol. The van der Waals surface area contributed by atoms with Crippen LogP contribution in [0.3, 0.4) is 0 Å². The maximum absolute atomic E-state index is 14.8. The molecule has 0 bridgehead atoms. The first kappa shape index (κ1) is 33.1. The average Bonchev–Trinajstić information content (AvgIpc) is 3.29. The van der Waals surface area contributed by atoms with E-state index in [4.69, 9.17) is 5.73 Å². The summed E-state index contributed by atoms with van der Waals surface area (Å²) in [6.45, 7) is 5.14. The van der Waals surface area contributed by atoms with Gasteiger partial charge in [-0.3, -0.25) is 14.6 Å². The number of ketones is 1. The number of hydrogen-bond donors (Lipinski definition) is 2. The number of piperidine rings is 1. The Labute approximate surface area is 282 Å². The molecule has 1 aromatic rings. The van der Waals surface area contributed by atoms with Gasteiger partial charge in [0.25, 0.3) is 5.91 Å². The lowest BCUT2D eigenvalue weighted by Crippen LogP contribution is -2.40. The number of aryl methyl sites for hydroxylation is 1. The number of nitrogens with two attached hydrogens (primary N) is 1. The molecule has 0 spiro atoms. The Hall–Kier alpha value is -4.83. The van der Waals surface area contributed by atoms with E-state index in [2.05, 4.69) is 22.1 Å². The van der Waals surface area contributed by atoms with E-state index >= 15 is 0 Å². The molecule has 6 rings (SSSR count). The molecule has 5 aliphatic rings. The monoisotopic (exact) mass is 643 g/mol. The lowest BCUT2D eigenvalue weighted by Gasteiger charge is -2.32. The number of anilines is 1. The summed E-state index contributed by atoms with van der Waals surface area (Å²) in [6.07, 6.45) is 18.2. The van der Waals surface area contributed by atoms with Crippen LogP contribution in [0.5, 0.6) is 0 Å². The number of rotatable bonds is 9. The van der Waals surface area contributed by atoms with Crippen LogP contribution in [-0.4, -0.2) is 54.1 Å². The number of carbonyl (C=O) groups is 2. The van der Waals surface area contributed by atoms with Crippen molar-refractivity contribution in [2.75, 3.05) is 25.0 Å². The highest BCUT2D eigenvalue weighted by Gasteiger charge is 2.32. The normalized spacial score (nSPS) is 23.9. The molecule has 7 nitrogen and oxygen atoms in total. The molecular formula is C40H42FN5O2. The number of dihydropyridines is 1. The molecule has 1 amide bonds. The van der Waals surface area contributed by atoms with E-state index in [1.807, 2.05) is 72.6 Å². The van der Waals surface area contributed by atoms with Crippen molar-refractivity contribution in [2.45, 2.75) is 64.6 Å². The summed E-state index contributed by atoms with van der Waals surface area (Å²) in [4.78, 5) is 32.6. The number of amides is 1. The van der Waals surface area contributed by atoms with Crippen molar-refractivity contribution in [1.82, 2.24) is 4.90 Å². The lowest BCUT2D eigenvalue weighted by atomic mass is 9.77. The van der Waals surface area contributed by atoms with Gasteiger partial charge < -0.3 is 16.0 Å². The number of alkyl halides is 1. The van der Waals surface area contributed by atoms with Crippen LogP contribution in [0, 0.1) is 23.2 Å². The molecule has 2 heterocycles. The first-order valence-electron chi connectivity index (χ1n) is 17.0. The van der Waals surface area contributed by atoms with Gasteiger partial charge in [0.15, 0.2) is 5.78 Å². The van der Waals surface area contributed by atoms with Crippen molar-refractivity contribution in [3.8, 4) is 6.07 Å². The van der Waals surface area contributed by atoms with Crippen LogP contribution in [0.25, 0.3) is 0 Å². The zero-order valence-corrected chi connectivity index (χ0v) is 27.6. The predicted octanol–water partition coefficient (Wildman–Crippen LogP) is 6.80. The van der Waals surface area contributed by atoms with Crippen molar-refractivity contribution in [1.29, 1.82) is 5.26 Å². The second-order valence-corrected chi connectivity index (χ2v) is 13.1. The largest absolute Gasteiger partial charge is 0.354 e. The Morgan fingerprint density at radius 1 is 1.17 bits per heavy atom. The Kier molecular flexibility index (Phi) is 10.0. The van der Waals surface area contributed by atoms with Gasteiger partial charge in [0.05, 0.1) is 17.5 Å². The zero-order chi connectivity index (χ0) is 33.8. The van der Waals surface area contributed by atoms with E-state index in [-0.39, 0.29) is 29.6 Å². The summed E-state index contributed by atoms with van der Waals surface area (Å²) in [5.74, 6) is 0.186. The second kappa shape index (κ2) is 14.5. The number of likely N-dealkylation sites (tertiary alicyclic amines) is 1. The second-order valence-electron chi connectivity index (χ2n) is 13.1. The summed E-state index contributed by atoms with van der Waals surface area (Å²) in [6, 6.07) is 8.22. The minimum absolute atomic E-state index is 0.0123. The maximum Gasteiger partial charge on any atom is 0.254 e. The molecule has 48 heavy (non-hydrogen) atoms. The minimum Gasteiger partial charge on any atom is -0.354 e. The first-order valence-corrected chi connectivity index (χ1v) is 17.0. The number of nitriles is 1. The smallest absolute Gasteiger partial charge is 0.254 e. The molecule has 246 valence electrons. The van der Waals surface area contributed by atoms with Gasteiger partial charge in [-0.25, -0.2) is 4.39 Å². The molecule has 3 N–H and O–H groups in total. The molecule has 3 aliphatic carbocycles. The molecule has 0 aromatic heterocycles. The third-order valence-corrected chi connectivity index (χ3v) is 9.75. The van der Waals surface area contributed by atoms with E-state index in [9.17, 15) is 19.2 Å². The average molecular weight is 644 g/mol. The third-order valence-electron chi connectivity index (χ3n) is 9.75. The van der Waals surface area contributed by atoms with Gasteiger partial charge in [0.2, 0.25) is 0 Å². The number of aliphatic imine (C=N–C) groups is 1. The highest BCUT2D eigenvalue weighted by atomic mass is 19.1. The molecule has 8 heteroatoms. The Balaban J connectivity index is 1.16. The highest BCUT2D eigenvalue weighted by Crippen LogP contribution is 2.37. The van der Waals surface area contributed by atoms with Gasteiger partial charge in [-0.2, -0.15) is 5.26 Å². The number of halogens is 1. The number of nitrogens with one attached hydrogen (secondary N) is 1. The van der Waals surface area contributed by atoms with E-state index in [0.717, 1.165) is 57.7 Å². The molecule has 1 saturated carbocycles. The summed E-state index contributed by atoms with van der Waals surface area (Å²) in [7, 11) is 0. The van der Waals surface area contributed by atoms with Crippen LogP contribution in [0.1, 0.15) is 61.9 Å². The van der Waals surface area contributed by atoms with Gasteiger partial charge in [0, 0.05) is 66.3 Å². The van der Waals surface area contributed by atoms with Crippen LogP contribution in [0.4, 0.5) is 10.1 Å². The van der Waals surface area contributed by atoms with E-state index in [1.165, 1.54) is 6.92 Å². The van der Waals surface area contributed by atoms with Crippen molar-refractivity contribution in [3.05, 3.63) is 117 Å². The first-order chi connectivity index (χ1) is 23.2. The Bertz CT molecular complexity index is 1820. The fourth-order valence-electron chi connectivity index (χ4n) is 6.97. The number of hydrogen-bond acceptors (Lipinski definition) is 6. The number of benzene rings is 1. The zero-order valence-electron chi connectivity index (χ0n) is 27.6. The van der Waals surface area contributed by atoms with Crippen molar-refractivity contribution in [2.24, 2.45) is 22.6 Å². The standard InChI is InChI=1S/C40H42FN5O2/c1-3-28-23-31(11-12-32(28)40(48)46-17-14-26(15-18-46)20-38(47)29-21-30(43)22-29)45-37-10-5-4-7-33-34(8-6-9-35(33)37)36-19-27(13-16-42)24-44-39(36)25(2)41/h4-8,10-12,19-20,23,25,27,29-30,45H,3,13-15,17-18,21-22,24,43H2,1-2H3/t25?,27?,29-,30-. The SMILES string of the molecule is CCc1cc(NC2=CC=CC=C3C2=C=CC=C3C2=CC(CC#N)CN=C2C(C)F)ccc1C(=O)N1CCC(=CC(=O)[C@H]2C[C@H](N)C2)CC1. The number of allylic oxidation sites excluding steroid dienone is 9. The molecule has 2 atom stereocenters. The van der Waals surface area contributed by atoms with Gasteiger partial charge in [0.1, 0.15) is 6.17 Å². The number of fused-ring (bicyclic) bond motifs is 1. The molecule has 0 radical (unpaired) electrons. The maximum atomic E-state index is 14.8. The fraction of sp³-hybridized carbons (Fsp3) is 0.375. The van der Waals surface area contributed by atoms with Crippen molar-refractivity contribution < 1.29 is 14.0 Å². The van der Waals surface area contributed by atoms with Gasteiger partial charge in [-0.15, -0.1) is 5.73 Å². The summed E-state index contributed by atoms with van der Waals surface area (Å²) >= 11 is 0. The van der Waals surface area contributed by atoms with E-state index in [0.29, 0.717) is 56.6 Å². The van der Waals surface area contributed by atoms with Crippen molar-refractivity contribution >= 4 is 23.1 Å². The van der Waals surface area contributed by atoms with Crippen molar-refractivity contribution in [3.63, 3.8) is 0 Å². The molecule has 1 aromatic carbocycles. The third kappa shape index (κ3) is 7.04. The van der Waals surface area contributed by atoms with E-state index in [1.54, 1.807) is 6.08 Å². The fourth-order valence-corrected chi connectivity index (χ4v) is 6.97. The van der Waals surface area contributed by atoms with Gasteiger partial charge in [-0.1, -0.05) is 36.8 Å². The van der Waals surface area contributed by atoms with Crippen LogP contribution in [0.15, 0.2) is 111 Å². The highest BCUT2D eigenvalue weighted by molar-refractivity contribution is 6.09. The quantitative estimate of drug-likeness (QED) is 0.227. The Morgan fingerprint density at radius 2 is 1.94 bits per heavy atom. The predicted molar refractivity (Wildman–Crippen MR) is 188 cm³/mol. The van der Waals surface area contributed by atoms with Crippen LogP contribution in [-0.2, 0) is 11.2 Å². The molecule has 2 unspecified atom stereocenters. The minimum atomic E-state index is -1.24. The summed E-state index contributed by atoms with van der Waals surface area (Å²) < 4.78 is 14.8. The van der Waals surface area contributed by atoms with Gasteiger partial charge in [-0.05, 0) is 98.2 Å². The summed E-state index contributed by atoms with van der Waals surface area (Å²) in [5, 5.41) is 12.9. The number of carbonyl (C=O) groups excluding carboxylic acids is 2.